The molecule has 7 nitrogen and oxygen atoms in total. The lowest BCUT2D eigenvalue weighted by atomic mass is 10.2. The van der Waals surface area contributed by atoms with Gasteiger partial charge in [-0.25, -0.2) is 4.79 Å². The summed E-state index contributed by atoms with van der Waals surface area (Å²) in [5, 5.41) is 0.0483. The smallest absolute Gasteiger partial charge is 0.331 e. The molecule has 1 aromatic heterocycles. The van der Waals surface area contributed by atoms with E-state index in [4.69, 9.17) is 13.6 Å². The highest BCUT2D eigenvalue weighted by molar-refractivity contribution is 6.74. The summed E-state index contributed by atoms with van der Waals surface area (Å²) >= 11 is 0. The number of nitrogens with one attached hydrogen (secondary N) is 1. The zero-order valence-electron chi connectivity index (χ0n) is 21.2. The van der Waals surface area contributed by atoms with Gasteiger partial charge in [0.25, 0.3) is 5.56 Å². The molecule has 0 aliphatic carbocycles. The Morgan fingerprint density at radius 3 is 2.16 bits per heavy atom. The molecule has 0 unspecified atom stereocenters. The SMILES string of the molecule is CC(C)(C)[Si](C)(C)OCC1=CC=C[C@H](O[Si](C)(C)C(C)(C)C)[C@H](n2ccc(=O)[nH]c2=O)O1. The van der Waals surface area contributed by atoms with Crippen LogP contribution in [0.15, 0.2) is 45.8 Å². The van der Waals surface area contributed by atoms with Gasteiger partial charge in [0, 0.05) is 12.3 Å². The Morgan fingerprint density at radius 2 is 1.62 bits per heavy atom. The number of hydrogen-bond acceptors (Lipinski definition) is 5. The average molecular weight is 481 g/mol. The fourth-order valence-corrected chi connectivity index (χ4v) is 4.80. The summed E-state index contributed by atoms with van der Waals surface area (Å²) in [6, 6.07) is 1.32. The predicted molar refractivity (Wildman–Crippen MR) is 134 cm³/mol. The van der Waals surface area contributed by atoms with Gasteiger partial charge < -0.3 is 13.6 Å². The lowest BCUT2D eigenvalue weighted by Gasteiger charge is -2.40. The highest BCUT2D eigenvalue weighted by atomic mass is 28.4. The molecular formula is C23H40N2O5Si2. The standard InChI is InChI=1S/C23H40N2O5Si2/c1-22(2,3)31(7,8)28-16-17-12-11-13-18(30-32(9,10)23(4,5)6)20(29-17)25-15-14-19(26)24-21(25)27/h11-15,18,20H,16H2,1-10H3,(H,24,26,27)/t18-,20+/m0/s1. The molecule has 180 valence electrons. The van der Waals surface area contributed by atoms with Crippen LogP contribution < -0.4 is 11.2 Å². The van der Waals surface area contributed by atoms with E-state index < -0.39 is 40.2 Å². The second kappa shape index (κ2) is 9.28. The molecule has 2 rings (SSSR count). The Kier molecular flexibility index (Phi) is 7.71. The van der Waals surface area contributed by atoms with Gasteiger partial charge in [0.15, 0.2) is 16.6 Å². The van der Waals surface area contributed by atoms with E-state index >= 15 is 0 Å². The van der Waals surface area contributed by atoms with E-state index in [9.17, 15) is 9.59 Å². The van der Waals surface area contributed by atoms with E-state index in [1.807, 2.05) is 18.2 Å². The first-order valence-electron chi connectivity index (χ1n) is 11.1. The van der Waals surface area contributed by atoms with Gasteiger partial charge in [0.05, 0.1) is 6.61 Å². The summed E-state index contributed by atoms with van der Waals surface area (Å²) < 4.78 is 20.7. The van der Waals surface area contributed by atoms with E-state index in [1.54, 1.807) is 0 Å². The molecule has 0 aromatic carbocycles. The average Bonchev–Trinajstić information content (AvgIpc) is 2.80. The molecule has 0 spiro atoms. The number of hydrogen-bond donors (Lipinski definition) is 1. The Morgan fingerprint density at radius 1 is 1.03 bits per heavy atom. The summed E-state index contributed by atoms with van der Waals surface area (Å²) in [5.41, 5.74) is -0.986. The van der Waals surface area contributed by atoms with Crippen molar-refractivity contribution in [2.75, 3.05) is 6.61 Å². The minimum Gasteiger partial charge on any atom is -0.469 e. The Labute approximate surface area is 193 Å². The van der Waals surface area contributed by atoms with Crippen LogP contribution in [0.1, 0.15) is 47.8 Å². The first-order valence-corrected chi connectivity index (χ1v) is 16.9. The van der Waals surface area contributed by atoms with Crippen LogP contribution in [0.5, 0.6) is 0 Å². The highest BCUT2D eigenvalue weighted by Gasteiger charge is 2.42. The molecule has 0 amide bonds. The number of ether oxygens (including phenoxy) is 1. The molecule has 32 heavy (non-hydrogen) atoms. The number of aromatic nitrogens is 2. The van der Waals surface area contributed by atoms with Crippen LogP contribution in [0.25, 0.3) is 0 Å². The first kappa shape index (κ1) is 26.6. The van der Waals surface area contributed by atoms with Crippen molar-refractivity contribution >= 4 is 16.6 Å². The van der Waals surface area contributed by atoms with Crippen molar-refractivity contribution in [3.8, 4) is 0 Å². The predicted octanol–water partition coefficient (Wildman–Crippen LogP) is 4.92. The number of nitrogens with zero attached hydrogens (tertiary/aromatic N) is 1. The topological polar surface area (TPSA) is 82.5 Å². The molecule has 0 saturated heterocycles. The summed E-state index contributed by atoms with van der Waals surface area (Å²) in [4.78, 5) is 26.6. The van der Waals surface area contributed by atoms with Gasteiger partial charge in [-0.1, -0.05) is 53.7 Å². The van der Waals surface area contributed by atoms with Gasteiger partial charge in [-0.3, -0.25) is 14.3 Å². The maximum absolute atomic E-state index is 12.6. The lowest BCUT2D eigenvalue weighted by molar-refractivity contribution is -0.0319. The van der Waals surface area contributed by atoms with Gasteiger partial charge in [0.2, 0.25) is 6.23 Å². The maximum atomic E-state index is 12.6. The molecular weight excluding hydrogens is 440 g/mol. The lowest BCUT2D eigenvalue weighted by Crippen LogP contribution is -2.47. The van der Waals surface area contributed by atoms with Crippen LogP contribution in [0.3, 0.4) is 0 Å². The third kappa shape index (κ3) is 6.21. The summed E-state index contributed by atoms with van der Waals surface area (Å²) in [7, 11) is -4.17. The molecule has 1 aromatic rings. The molecule has 2 heterocycles. The monoisotopic (exact) mass is 480 g/mol. The quantitative estimate of drug-likeness (QED) is 0.585. The maximum Gasteiger partial charge on any atom is 0.331 e. The Hall–Kier alpha value is -1.69. The largest absolute Gasteiger partial charge is 0.469 e. The molecule has 2 atom stereocenters. The molecule has 1 N–H and O–H groups in total. The van der Waals surface area contributed by atoms with Gasteiger partial charge in [-0.05, 0) is 42.3 Å². The normalized spacial score (nSPS) is 20.5. The minimum atomic E-state index is -2.18. The van der Waals surface area contributed by atoms with E-state index in [2.05, 4.69) is 72.7 Å². The van der Waals surface area contributed by atoms with Crippen LogP contribution in [0.2, 0.25) is 36.3 Å². The summed E-state index contributed by atoms with van der Waals surface area (Å²) in [6.07, 6.45) is 5.88. The van der Waals surface area contributed by atoms with Gasteiger partial charge >= 0.3 is 5.69 Å². The molecule has 9 heteroatoms. The zero-order valence-corrected chi connectivity index (χ0v) is 23.2. The van der Waals surface area contributed by atoms with Crippen molar-refractivity contribution in [1.29, 1.82) is 0 Å². The van der Waals surface area contributed by atoms with Gasteiger partial charge in [0.1, 0.15) is 11.9 Å². The van der Waals surface area contributed by atoms with E-state index in [-0.39, 0.29) is 10.1 Å². The van der Waals surface area contributed by atoms with E-state index in [0.717, 1.165) is 0 Å². The van der Waals surface area contributed by atoms with Crippen molar-refractivity contribution in [2.45, 2.75) is 90.1 Å². The van der Waals surface area contributed by atoms with E-state index in [1.165, 1.54) is 16.8 Å². The molecule has 0 bridgehead atoms. The van der Waals surface area contributed by atoms with Gasteiger partial charge in [-0.15, -0.1) is 0 Å². The van der Waals surface area contributed by atoms with Crippen LogP contribution >= 0.6 is 0 Å². The number of rotatable bonds is 6. The van der Waals surface area contributed by atoms with Crippen molar-refractivity contribution in [2.24, 2.45) is 0 Å². The number of aromatic amines is 1. The first-order chi connectivity index (χ1) is 14.4. The summed E-state index contributed by atoms with van der Waals surface area (Å²) in [5.74, 6) is 0.621. The molecule has 1 aliphatic rings. The number of allylic oxidation sites excluding steroid dienone is 2. The number of H-pyrrole nitrogens is 1. The second-order valence-corrected chi connectivity index (χ2v) is 21.0. The Bertz CT molecular complexity index is 978. The van der Waals surface area contributed by atoms with Crippen LogP contribution in [0.4, 0.5) is 0 Å². The van der Waals surface area contributed by atoms with Crippen molar-refractivity contribution in [1.82, 2.24) is 9.55 Å². The minimum absolute atomic E-state index is 0.0185. The fourth-order valence-electron chi connectivity index (χ4n) is 2.64. The van der Waals surface area contributed by atoms with Gasteiger partial charge in [-0.2, -0.15) is 0 Å². The van der Waals surface area contributed by atoms with Crippen molar-refractivity contribution in [3.05, 3.63) is 57.1 Å². The zero-order chi connectivity index (χ0) is 24.5. The van der Waals surface area contributed by atoms with Crippen LogP contribution in [-0.4, -0.2) is 38.9 Å². The van der Waals surface area contributed by atoms with Crippen molar-refractivity contribution < 1.29 is 13.6 Å². The molecule has 1 aliphatic heterocycles. The Balaban J connectivity index is 2.38. The van der Waals surface area contributed by atoms with Crippen LogP contribution in [0, 0.1) is 0 Å². The molecule has 0 saturated carbocycles. The van der Waals surface area contributed by atoms with Crippen molar-refractivity contribution in [3.63, 3.8) is 0 Å². The van der Waals surface area contributed by atoms with E-state index in [0.29, 0.717) is 12.4 Å². The third-order valence-electron chi connectivity index (χ3n) is 6.88. The molecule has 0 fully saturated rings. The molecule has 0 radical (unpaired) electrons. The highest BCUT2D eigenvalue weighted by Crippen LogP contribution is 2.40. The second-order valence-electron chi connectivity index (χ2n) is 11.4. The summed E-state index contributed by atoms with van der Waals surface area (Å²) in [6.45, 7) is 22.1. The van der Waals surface area contributed by atoms with Crippen LogP contribution in [-0.2, 0) is 13.6 Å². The third-order valence-corrected chi connectivity index (χ3v) is 15.8. The fraction of sp³-hybridized carbons (Fsp3) is 0.652.